The monoisotopic (exact) mass is 634 g/mol. The van der Waals surface area contributed by atoms with Gasteiger partial charge >= 0.3 is 0 Å². The Kier molecular flexibility index (Phi) is 10.7. The van der Waals surface area contributed by atoms with E-state index in [4.69, 9.17) is 25.1 Å². The van der Waals surface area contributed by atoms with Gasteiger partial charge < -0.3 is 19.9 Å². The van der Waals surface area contributed by atoms with E-state index in [9.17, 15) is 14.7 Å². The number of azide groups is 2. The number of carbonyl (C=O) groups excluding carboxylic acids is 1. The number of benzene rings is 4. The van der Waals surface area contributed by atoms with Crippen molar-refractivity contribution in [2.75, 3.05) is 13.2 Å². The Hall–Kier alpha value is -5.87. The number of hydrogen-bond acceptors (Lipinski definition) is 7. The molecule has 0 fully saturated rings. The first-order valence-corrected chi connectivity index (χ1v) is 14.8. The minimum Gasteiger partial charge on any atom is -0.494 e. The third-order valence-corrected chi connectivity index (χ3v) is 7.65. The molecule has 47 heavy (non-hydrogen) atoms. The van der Waals surface area contributed by atoms with Gasteiger partial charge in [0.25, 0.3) is 5.91 Å². The van der Waals surface area contributed by atoms with Crippen LogP contribution in [0, 0.1) is 5.82 Å². The molecule has 4 aromatic carbocycles. The summed E-state index contributed by atoms with van der Waals surface area (Å²) in [6.07, 6.45) is -0.540. The number of ether oxygens (including phenoxy) is 2. The van der Waals surface area contributed by atoms with Gasteiger partial charge in [0.15, 0.2) is 11.6 Å². The van der Waals surface area contributed by atoms with Crippen molar-refractivity contribution in [2.45, 2.75) is 37.6 Å². The van der Waals surface area contributed by atoms with Gasteiger partial charge in [-0.3, -0.25) is 4.79 Å². The van der Waals surface area contributed by atoms with E-state index in [-0.39, 0.29) is 37.7 Å². The first kappa shape index (κ1) is 32.5. The molecule has 0 aromatic heterocycles. The fourth-order valence-corrected chi connectivity index (χ4v) is 5.33. The van der Waals surface area contributed by atoms with E-state index < -0.39 is 23.4 Å². The topological polar surface area (TPSA) is 178 Å². The zero-order chi connectivity index (χ0) is 33.1. The molecule has 0 spiro atoms. The van der Waals surface area contributed by atoms with E-state index in [1.165, 1.54) is 12.1 Å². The summed E-state index contributed by atoms with van der Waals surface area (Å²) < 4.78 is 25.8. The van der Waals surface area contributed by atoms with Gasteiger partial charge in [-0.15, -0.1) is 0 Å². The lowest BCUT2D eigenvalue weighted by atomic mass is 9.80. The minimum absolute atomic E-state index is 0.0126. The lowest BCUT2D eigenvalue weighted by Crippen LogP contribution is -2.49. The van der Waals surface area contributed by atoms with Crippen LogP contribution in [0.1, 0.15) is 40.3 Å². The Labute approximate surface area is 269 Å². The zero-order valence-electron chi connectivity index (χ0n) is 25.2. The van der Waals surface area contributed by atoms with Crippen LogP contribution in [0.3, 0.4) is 0 Å². The average molecular weight is 635 g/mol. The highest BCUT2D eigenvalue weighted by Crippen LogP contribution is 2.45. The smallest absolute Gasteiger partial charge is 0.252 e. The lowest BCUT2D eigenvalue weighted by molar-refractivity contribution is -0.129. The molecule has 0 aliphatic carbocycles. The molecule has 5 rings (SSSR count). The quantitative estimate of drug-likeness (QED) is 0.0647. The Morgan fingerprint density at radius 2 is 1.70 bits per heavy atom. The molecule has 238 valence electrons. The molecule has 1 heterocycles. The van der Waals surface area contributed by atoms with Crippen LogP contribution in [-0.4, -0.2) is 35.7 Å². The predicted octanol–water partition coefficient (Wildman–Crippen LogP) is 7.16. The highest BCUT2D eigenvalue weighted by molar-refractivity contribution is 6.01. The van der Waals surface area contributed by atoms with Crippen LogP contribution in [0.2, 0.25) is 0 Å². The van der Waals surface area contributed by atoms with Gasteiger partial charge in [-0.1, -0.05) is 70.9 Å². The van der Waals surface area contributed by atoms with Crippen molar-refractivity contribution in [3.05, 3.63) is 152 Å². The van der Waals surface area contributed by atoms with Crippen LogP contribution in [0.15, 0.2) is 112 Å². The number of halogens is 1. The molecule has 0 saturated carbocycles. The van der Waals surface area contributed by atoms with Crippen molar-refractivity contribution >= 4 is 17.5 Å². The summed E-state index contributed by atoms with van der Waals surface area (Å²) in [6.45, 7) is 0.489. The van der Waals surface area contributed by atoms with Gasteiger partial charge in [0.05, 0.1) is 13.2 Å². The maximum absolute atomic E-state index is 14.6. The summed E-state index contributed by atoms with van der Waals surface area (Å²) in [5.74, 6) is -0.121. The molecule has 0 bridgehead atoms. The predicted molar refractivity (Wildman–Crippen MR) is 173 cm³/mol. The molecule has 1 aliphatic heterocycles. The van der Waals surface area contributed by atoms with E-state index in [1.54, 1.807) is 60.7 Å². The number of hydrogen-bond donors (Lipinski definition) is 2. The summed E-state index contributed by atoms with van der Waals surface area (Å²) >= 11 is 0. The van der Waals surface area contributed by atoms with Gasteiger partial charge in [0.1, 0.15) is 11.6 Å². The van der Waals surface area contributed by atoms with E-state index >= 15 is 0 Å². The van der Waals surface area contributed by atoms with Crippen LogP contribution in [0.5, 0.6) is 5.75 Å². The minimum atomic E-state index is -1.64. The lowest BCUT2D eigenvalue weighted by Gasteiger charge is -2.32. The van der Waals surface area contributed by atoms with Gasteiger partial charge in [0.2, 0.25) is 5.90 Å². The summed E-state index contributed by atoms with van der Waals surface area (Å²) in [4.78, 5) is 25.5. The van der Waals surface area contributed by atoms with E-state index in [0.29, 0.717) is 46.6 Å². The van der Waals surface area contributed by atoms with Crippen molar-refractivity contribution in [3.63, 3.8) is 0 Å². The first-order valence-electron chi connectivity index (χ1n) is 14.8. The largest absolute Gasteiger partial charge is 0.494 e. The number of aliphatic hydroxyl groups is 1. The van der Waals surface area contributed by atoms with E-state index in [0.717, 1.165) is 0 Å². The van der Waals surface area contributed by atoms with E-state index in [2.05, 4.69) is 25.4 Å². The van der Waals surface area contributed by atoms with Crippen molar-refractivity contribution in [3.8, 4) is 5.75 Å². The molecule has 0 unspecified atom stereocenters. The average Bonchev–Trinajstić information content (AvgIpc) is 3.48. The summed E-state index contributed by atoms with van der Waals surface area (Å²) in [7, 11) is 0. The van der Waals surface area contributed by atoms with Gasteiger partial charge in [-0.2, -0.15) is 0 Å². The number of carbonyl (C=O) groups is 1. The third-order valence-electron chi connectivity index (χ3n) is 7.65. The number of amides is 1. The third kappa shape index (κ3) is 7.69. The molecule has 2 atom stereocenters. The second-order valence-electron chi connectivity index (χ2n) is 10.7. The maximum atomic E-state index is 14.6. The number of aliphatic imine (C=N–C) groups is 1. The normalized spacial score (nSPS) is 16.6. The Balaban J connectivity index is 1.64. The fraction of sp³-hybridized carbons (Fsp3) is 0.235. The first-order chi connectivity index (χ1) is 23.0. The van der Waals surface area contributed by atoms with Crippen LogP contribution < -0.4 is 10.1 Å². The highest BCUT2D eigenvalue weighted by Gasteiger charge is 2.54. The SMILES string of the molecule is [N-]=[N+]=NCc1ccccc1C[C@@]1(C(=O)NCc2ccc(F)cc2)N=C(c2ccc(OCCCO)cc2)O[C@@H]1c1ccccc1N=[N+]=[N-]. The Morgan fingerprint density at radius 1 is 0.979 bits per heavy atom. The van der Waals surface area contributed by atoms with Crippen molar-refractivity contribution < 1.29 is 23.8 Å². The van der Waals surface area contributed by atoms with E-state index in [1.807, 2.05) is 24.3 Å². The number of nitrogens with one attached hydrogen (secondary N) is 1. The zero-order valence-corrected chi connectivity index (χ0v) is 25.2. The second-order valence-corrected chi connectivity index (χ2v) is 10.7. The molecular weight excluding hydrogens is 603 g/mol. The number of aliphatic hydroxyl groups excluding tert-OH is 1. The van der Waals surface area contributed by atoms with Gasteiger partial charge in [-0.05, 0) is 64.2 Å². The van der Waals surface area contributed by atoms with Crippen molar-refractivity contribution in [1.29, 1.82) is 0 Å². The molecule has 1 amide bonds. The Bertz CT molecular complexity index is 1840. The molecule has 12 nitrogen and oxygen atoms in total. The molecule has 1 aliphatic rings. The maximum Gasteiger partial charge on any atom is 0.252 e. The van der Waals surface area contributed by atoms with Crippen LogP contribution in [0.4, 0.5) is 10.1 Å². The van der Waals surface area contributed by atoms with Gasteiger partial charge in [-0.25, -0.2) is 9.38 Å². The van der Waals surface area contributed by atoms with Crippen molar-refractivity contribution in [1.82, 2.24) is 5.32 Å². The molecule has 4 aromatic rings. The summed E-state index contributed by atoms with van der Waals surface area (Å²) in [5, 5.41) is 19.7. The van der Waals surface area contributed by atoms with Crippen molar-refractivity contribution in [2.24, 2.45) is 15.2 Å². The Morgan fingerprint density at radius 3 is 2.43 bits per heavy atom. The summed E-state index contributed by atoms with van der Waals surface area (Å²) in [6, 6.07) is 26.9. The molecule has 0 saturated heterocycles. The molecular formula is C34H31FN8O4. The molecule has 0 radical (unpaired) electrons. The second kappa shape index (κ2) is 15.4. The number of nitrogens with zero attached hydrogens (tertiary/aromatic N) is 7. The van der Waals surface area contributed by atoms with Gasteiger partial charge in [0, 0.05) is 52.6 Å². The summed E-state index contributed by atoms with van der Waals surface area (Å²) in [5.41, 5.74) is 20.1. The van der Waals surface area contributed by atoms with Crippen LogP contribution >= 0.6 is 0 Å². The van der Waals surface area contributed by atoms with Crippen LogP contribution in [-0.2, 0) is 29.0 Å². The molecule has 2 N–H and O–H groups in total. The van der Waals surface area contributed by atoms with Crippen LogP contribution in [0.25, 0.3) is 20.9 Å². The highest BCUT2D eigenvalue weighted by atomic mass is 19.1. The standard InChI is InChI=1S/C34H31FN8O4/c35-27-14-10-23(11-15-27)21-38-33(45)34(20-25-6-1-2-7-26(25)22-39-42-36)31(29-8-3-4-9-30(29)41-43-37)47-32(40-34)24-12-16-28(17-13-24)46-19-5-18-44/h1-4,6-17,31,44H,5,18-22H2,(H,38,45)/t31-,34-/m1/s1. The fourth-order valence-electron chi connectivity index (χ4n) is 5.33. The number of rotatable bonds is 14. The molecule has 13 heteroatoms.